The average molecular weight is 166 g/mol. The molecule has 1 N–H and O–H groups in total. The summed E-state index contributed by atoms with van der Waals surface area (Å²) in [5.74, 6) is -0.567. The molecule has 5 nitrogen and oxygen atoms in total. The van der Waals surface area contributed by atoms with E-state index in [0.717, 1.165) is 0 Å². The van der Waals surface area contributed by atoms with Crippen LogP contribution in [0.25, 0.3) is 0 Å². The first kappa shape index (κ1) is 7.64. The van der Waals surface area contributed by atoms with Gasteiger partial charge in [-0.2, -0.15) is 4.21 Å². The summed E-state index contributed by atoms with van der Waals surface area (Å²) in [5, 5.41) is 0. The number of cyclic esters (lactones) is 1. The highest BCUT2D eigenvalue weighted by atomic mass is 32.2. The van der Waals surface area contributed by atoms with E-state index in [4.69, 9.17) is 4.55 Å². The van der Waals surface area contributed by atoms with Crippen LogP contribution in [0.4, 0.5) is 0 Å². The summed E-state index contributed by atoms with van der Waals surface area (Å²) < 4.78 is 26.9. The van der Waals surface area contributed by atoms with Crippen molar-refractivity contribution >= 4 is 17.3 Å². The van der Waals surface area contributed by atoms with E-state index in [1.165, 1.54) is 0 Å². The first-order valence-electron chi connectivity index (χ1n) is 2.65. The van der Waals surface area contributed by atoms with Crippen LogP contribution in [-0.2, 0) is 25.1 Å². The fraction of sp³-hybridized carbons (Fsp3) is 0.750. The summed E-state index contributed by atoms with van der Waals surface area (Å²) >= 11 is -2.38. The largest absolute Gasteiger partial charge is 0.464 e. The van der Waals surface area contributed by atoms with Crippen LogP contribution in [0.2, 0.25) is 0 Å². The maximum absolute atomic E-state index is 10.5. The summed E-state index contributed by atoms with van der Waals surface area (Å²) in [7, 11) is 0. The van der Waals surface area contributed by atoms with Crippen LogP contribution in [0.3, 0.4) is 0 Å². The minimum absolute atomic E-state index is 0.265. The molecule has 1 aliphatic heterocycles. The van der Waals surface area contributed by atoms with Gasteiger partial charge in [-0.1, -0.05) is 0 Å². The molecule has 0 aromatic carbocycles. The molecule has 2 atom stereocenters. The third-order valence-electron chi connectivity index (χ3n) is 1.09. The molecule has 0 saturated carbocycles. The zero-order valence-electron chi connectivity index (χ0n) is 4.98. The monoisotopic (exact) mass is 166 g/mol. The van der Waals surface area contributed by atoms with Crippen molar-refractivity contribution in [1.82, 2.24) is 0 Å². The van der Waals surface area contributed by atoms with E-state index in [9.17, 15) is 9.00 Å². The van der Waals surface area contributed by atoms with E-state index < -0.39 is 23.4 Å². The summed E-state index contributed by atoms with van der Waals surface area (Å²) in [6.45, 7) is 0.265. The van der Waals surface area contributed by atoms with Crippen LogP contribution in [-0.4, -0.2) is 27.4 Å². The Kier molecular flexibility index (Phi) is 2.36. The van der Waals surface area contributed by atoms with Crippen LogP contribution in [0.15, 0.2) is 0 Å². The smallest absolute Gasteiger partial charge is 0.336 e. The van der Waals surface area contributed by atoms with Gasteiger partial charge in [-0.15, -0.1) is 0 Å². The Labute approximate surface area is 59.8 Å². The number of hydrogen-bond donors (Lipinski definition) is 1. The number of esters is 1. The number of hydrogen-bond acceptors (Lipinski definition) is 4. The molecule has 0 aliphatic carbocycles. The lowest BCUT2D eigenvalue weighted by atomic mass is 10.3. The van der Waals surface area contributed by atoms with E-state index in [2.05, 4.69) is 8.92 Å². The van der Waals surface area contributed by atoms with Crippen molar-refractivity contribution in [2.75, 3.05) is 6.61 Å². The quantitative estimate of drug-likeness (QED) is 0.440. The molecule has 1 rings (SSSR count). The summed E-state index contributed by atoms with van der Waals surface area (Å²) in [4.78, 5) is 10.5. The van der Waals surface area contributed by atoms with Crippen LogP contribution < -0.4 is 0 Å². The van der Waals surface area contributed by atoms with E-state index in [1.54, 1.807) is 0 Å². The van der Waals surface area contributed by atoms with Gasteiger partial charge in [0.15, 0.2) is 6.10 Å². The molecular weight excluding hydrogens is 160 g/mol. The number of carbonyl (C=O) groups excluding carboxylic acids is 1. The van der Waals surface area contributed by atoms with Crippen molar-refractivity contribution in [3.05, 3.63) is 0 Å². The second-order valence-electron chi connectivity index (χ2n) is 1.76. The van der Waals surface area contributed by atoms with Gasteiger partial charge in [0.1, 0.15) is 0 Å². The molecule has 58 valence electrons. The fourth-order valence-corrected chi connectivity index (χ4v) is 1.04. The zero-order chi connectivity index (χ0) is 7.56. The molecular formula is C4H6O5S. The standard InChI is InChI=1S/C4H6O5S/c5-4-3(1-2-8-4)9-10(6)7/h3H,1-2H2,(H,6,7). The van der Waals surface area contributed by atoms with Crippen LogP contribution in [0, 0.1) is 0 Å². The predicted molar refractivity (Wildman–Crippen MR) is 31.2 cm³/mol. The Bertz CT molecular complexity index is 167. The Balaban J connectivity index is 2.40. The highest BCUT2D eigenvalue weighted by Crippen LogP contribution is 2.10. The number of rotatable bonds is 2. The van der Waals surface area contributed by atoms with E-state index in [1.807, 2.05) is 0 Å². The summed E-state index contributed by atoms with van der Waals surface area (Å²) in [6.07, 6.45) is -0.503. The lowest BCUT2D eigenvalue weighted by Gasteiger charge is -1.99. The molecule has 0 aromatic heterocycles. The fourth-order valence-electron chi connectivity index (χ4n) is 0.664. The molecule has 0 spiro atoms. The Hall–Kier alpha value is -0.460. The number of carbonyl (C=O) groups is 1. The van der Waals surface area contributed by atoms with Crippen LogP contribution in [0.1, 0.15) is 6.42 Å². The zero-order valence-corrected chi connectivity index (χ0v) is 5.80. The predicted octanol–water partition coefficient (Wildman–Crippen LogP) is -0.545. The molecule has 2 unspecified atom stereocenters. The maximum Gasteiger partial charge on any atom is 0.336 e. The van der Waals surface area contributed by atoms with Gasteiger partial charge < -0.3 is 4.74 Å². The van der Waals surface area contributed by atoms with Gasteiger partial charge in [0.2, 0.25) is 0 Å². The van der Waals surface area contributed by atoms with Crippen molar-refractivity contribution < 1.29 is 22.5 Å². The second kappa shape index (κ2) is 3.09. The molecule has 10 heavy (non-hydrogen) atoms. The molecule has 0 amide bonds. The van der Waals surface area contributed by atoms with E-state index in [0.29, 0.717) is 6.42 Å². The Morgan fingerprint density at radius 2 is 2.50 bits per heavy atom. The molecule has 1 heterocycles. The molecule has 0 bridgehead atoms. The van der Waals surface area contributed by atoms with Crippen molar-refractivity contribution in [3.8, 4) is 0 Å². The lowest BCUT2D eigenvalue weighted by molar-refractivity contribution is -0.143. The van der Waals surface area contributed by atoms with Crippen molar-refractivity contribution in [2.24, 2.45) is 0 Å². The van der Waals surface area contributed by atoms with Gasteiger partial charge in [0.05, 0.1) is 6.61 Å². The molecule has 6 heteroatoms. The Morgan fingerprint density at radius 1 is 1.80 bits per heavy atom. The van der Waals surface area contributed by atoms with Gasteiger partial charge in [-0.25, -0.2) is 4.79 Å². The van der Waals surface area contributed by atoms with Gasteiger partial charge >= 0.3 is 17.3 Å². The van der Waals surface area contributed by atoms with Crippen molar-refractivity contribution in [1.29, 1.82) is 0 Å². The first-order chi connectivity index (χ1) is 4.70. The Morgan fingerprint density at radius 3 is 2.90 bits per heavy atom. The normalized spacial score (nSPS) is 28.1. The second-order valence-corrected chi connectivity index (χ2v) is 2.38. The van der Waals surface area contributed by atoms with Gasteiger partial charge in [0, 0.05) is 6.42 Å². The van der Waals surface area contributed by atoms with Gasteiger partial charge in [-0.05, 0) is 0 Å². The summed E-state index contributed by atoms with van der Waals surface area (Å²) in [6, 6.07) is 0. The number of ether oxygens (including phenoxy) is 1. The van der Waals surface area contributed by atoms with Crippen molar-refractivity contribution in [3.63, 3.8) is 0 Å². The third kappa shape index (κ3) is 1.76. The lowest BCUT2D eigenvalue weighted by Crippen LogP contribution is -2.19. The van der Waals surface area contributed by atoms with Crippen molar-refractivity contribution in [2.45, 2.75) is 12.5 Å². The molecule has 0 radical (unpaired) electrons. The van der Waals surface area contributed by atoms with Crippen LogP contribution in [0.5, 0.6) is 0 Å². The minimum atomic E-state index is -2.38. The molecule has 0 aromatic rings. The average Bonchev–Trinajstić information content (AvgIpc) is 2.15. The van der Waals surface area contributed by atoms with Gasteiger partial charge in [0.25, 0.3) is 0 Å². The van der Waals surface area contributed by atoms with E-state index >= 15 is 0 Å². The molecule has 1 saturated heterocycles. The van der Waals surface area contributed by atoms with Gasteiger partial charge in [-0.3, -0.25) is 8.74 Å². The molecule has 1 aliphatic rings. The first-order valence-corrected chi connectivity index (χ1v) is 3.68. The summed E-state index contributed by atoms with van der Waals surface area (Å²) in [5.41, 5.74) is 0. The van der Waals surface area contributed by atoms with E-state index in [-0.39, 0.29) is 6.61 Å². The van der Waals surface area contributed by atoms with Crippen LogP contribution >= 0.6 is 0 Å². The molecule has 1 fully saturated rings. The highest BCUT2D eigenvalue weighted by Gasteiger charge is 2.29. The maximum atomic E-state index is 10.5. The third-order valence-corrected chi connectivity index (χ3v) is 1.48. The minimum Gasteiger partial charge on any atom is -0.464 e. The topological polar surface area (TPSA) is 72.8 Å². The SMILES string of the molecule is O=C1OCCC1OS(=O)O. The highest BCUT2D eigenvalue weighted by molar-refractivity contribution is 7.74.